The SMILES string of the molecule is CCC(C)C(N)CS(=O)c1ccc([N+](=O)[O-])cc1. The van der Waals surface area contributed by atoms with Gasteiger partial charge in [-0.25, -0.2) is 0 Å². The van der Waals surface area contributed by atoms with Crippen molar-refractivity contribution in [3.05, 3.63) is 34.4 Å². The first-order valence-electron chi connectivity index (χ1n) is 5.84. The van der Waals surface area contributed by atoms with Crippen LogP contribution in [0.25, 0.3) is 0 Å². The molecule has 18 heavy (non-hydrogen) atoms. The van der Waals surface area contributed by atoms with Crippen molar-refractivity contribution >= 4 is 16.5 Å². The first kappa shape index (κ1) is 14.8. The standard InChI is InChI=1S/C12H18N2O3S/c1-3-9(2)12(13)8-18(17)11-6-4-10(5-7-11)14(15)16/h4-7,9,12H,3,8,13H2,1-2H3. The largest absolute Gasteiger partial charge is 0.327 e. The van der Waals surface area contributed by atoms with Crippen molar-refractivity contribution in [2.45, 2.75) is 31.2 Å². The van der Waals surface area contributed by atoms with Gasteiger partial charge in [0.2, 0.25) is 0 Å². The summed E-state index contributed by atoms with van der Waals surface area (Å²) in [5, 5.41) is 10.5. The van der Waals surface area contributed by atoms with Gasteiger partial charge >= 0.3 is 0 Å². The fraction of sp³-hybridized carbons (Fsp3) is 0.500. The average molecular weight is 270 g/mol. The van der Waals surface area contributed by atoms with Crippen LogP contribution in [0.3, 0.4) is 0 Å². The predicted octanol–water partition coefficient (Wildman–Crippen LogP) is 2.08. The summed E-state index contributed by atoms with van der Waals surface area (Å²) >= 11 is 0. The molecule has 0 heterocycles. The van der Waals surface area contributed by atoms with Gasteiger partial charge in [0.25, 0.3) is 5.69 Å². The fourth-order valence-electron chi connectivity index (χ4n) is 1.46. The van der Waals surface area contributed by atoms with E-state index in [1.54, 1.807) is 0 Å². The van der Waals surface area contributed by atoms with Gasteiger partial charge in [-0.15, -0.1) is 0 Å². The van der Waals surface area contributed by atoms with Gasteiger partial charge in [-0.05, 0) is 18.1 Å². The third-order valence-corrected chi connectivity index (χ3v) is 4.51. The zero-order chi connectivity index (χ0) is 13.7. The van der Waals surface area contributed by atoms with E-state index in [-0.39, 0.29) is 11.7 Å². The minimum Gasteiger partial charge on any atom is -0.327 e. The van der Waals surface area contributed by atoms with Crippen LogP contribution in [-0.4, -0.2) is 20.9 Å². The van der Waals surface area contributed by atoms with Gasteiger partial charge in [0, 0.05) is 28.8 Å². The molecule has 0 saturated carbocycles. The van der Waals surface area contributed by atoms with Crippen LogP contribution in [0.4, 0.5) is 5.69 Å². The third-order valence-electron chi connectivity index (χ3n) is 3.03. The van der Waals surface area contributed by atoms with E-state index < -0.39 is 15.7 Å². The van der Waals surface area contributed by atoms with Crippen molar-refractivity contribution in [3.8, 4) is 0 Å². The zero-order valence-electron chi connectivity index (χ0n) is 10.5. The lowest BCUT2D eigenvalue weighted by Gasteiger charge is -2.17. The molecule has 1 aromatic rings. The lowest BCUT2D eigenvalue weighted by atomic mass is 10.0. The molecule has 1 aromatic carbocycles. The van der Waals surface area contributed by atoms with Crippen LogP contribution in [0.2, 0.25) is 0 Å². The summed E-state index contributed by atoms with van der Waals surface area (Å²) < 4.78 is 12.0. The first-order valence-corrected chi connectivity index (χ1v) is 7.16. The normalized spacial score (nSPS) is 15.9. The summed E-state index contributed by atoms with van der Waals surface area (Å²) in [5.74, 6) is 0.694. The number of rotatable bonds is 6. The quantitative estimate of drug-likeness (QED) is 0.633. The van der Waals surface area contributed by atoms with Crippen molar-refractivity contribution in [1.82, 2.24) is 0 Å². The van der Waals surface area contributed by atoms with Crippen LogP contribution >= 0.6 is 0 Å². The smallest absolute Gasteiger partial charge is 0.269 e. The van der Waals surface area contributed by atoms with Crippen LogP contribution in [0.1, 0.15) is 20.3 Å². The Morgan fingerprint density at radius 3 is 2.39 bits per heavy atom. The Bertz CT molecular complexity index is 433. The molecule has 3 atom stereocenters. The molecule has 6 heteroatoms. The van der Waals surface area contributed by atoms with E-state index in [0.717, 1.165) is 6.42 Å². The highest BCUT2D eigenvalue weighted by molar-refractivity contribution is 7.85. The molecule has 3 unspecified atom stereocenters. The van der Waals surface area contributed by atoms with Crippen molar-refractivity contribution in [2.24, 2.45) is 11.7 Å². The number of hydrogen-bond acceptors (Lipinski definition) is 4. The lowest BCUT2D eigenvalue weighted by Crippen LogP contribution is -2.33. The maximum atomic E-state index is 12.0. The Labute approximate surface area is 109 Å². The average Bonchev–Trinajstić information content (AvgIpc) is 2.37. The highest BCUT2D eigenvalue weighted by Crippen LogP contribution is 2.16. The maximum absolute atomic E-state index is 12.0. The molecule has 1 rings (SSSR count). The second-order valence-corrected chi connectivity index (χ2v) is 5.81. The topological polar surface area (TPSA) is 86.2 Å². The van der Waals surface area contributed by atoms with Gasteiger partial charge in [-0.1, -0.05) is 20.3 Å². The summed E-state index contributed by atoms with van der Waals surface area (Å²) in [6.07, 6.45) is 0.943. The van der Waals surface area contributed by atoms with Gasteiger partial charge in [-0.3, -0.25) is 14.3 Å². The Morgan fingerprint density at radius 2 is 1.94 bits per heavy atom. The molecule has 0 radical (unpaired) electrons. The monoisotopic (exact) mass is 270 g/mol. The number of nitro benzene ring substituents is 1. The minimum atomic E-state index is -1.20. The number of nitrogens with two attached hydrogens (primary N) is 1. The Morgan fingerprint density at radius 1 is 1.39 bits per heavy atom. The van der Waals surface area contributed by atoms with E-state index in [4.69, 9.17) is 5.73 Å². The molecular weight excluding hydrogens is 252 g/mol. The fourth-order valence-corrected chi connectivity index (χ4v) is 2.77. The summed E-state index contributed by atoms with van der Waals surface area (Å²) in [7, 11) is -1.20. The molecule has 2 N–H and O–H groups in total. The van der Waals surface area contributed by atoms with Crippen LogP contribution in [0, 0.1) is 16.0 Å². The number of benzene rings is 1. The molecule has 0 aliphatic rings. The molecule has 0 spiro atoms. The Balaban J connectivity index is 2.70. The molecule has 0 amide bonds. The number of nitro groups is 1. The van der Waals surface area contributed by atoms with Crippen molar-refractivity contribution in [1.29, 1.82) is 0 Å². The van der Waals surface area contributed by atoms with E-state index in [2.05, 4.69) is 0 Å². The third kappa shape index (κ3) is 3.89. The molecule has 0 aliphatic heterocycles. The molecular formula is C12H18N2O3S. The zero-order valence-corrected chi connectivity index (χ0v) is 11.4. The summed E-state index contributed by atoms with van der Waals surface area (Å²) in [6.45, 7) is 4.07. The van der Waals surface area contributed by atoms with Gasteiger partial charge in [0.1, 0.15) is 0 Å². The highest BCUT2D eigenvalue weighted by atomic mass is 32.2. The van der Waals surface area contributed by atoms with E-state index in [9.17, 15) is 14.3 Å². The molecule has 100 valence electrons. The Hall–Kier alpha value is -1.27. The highest BCUT2D eigenvalue weighted by Gasteiger charge is 2.16. The lowest BCUT2D eigenvalue weighted by molar-refractivity contribution is -0.384. The van der Waals surface area contributed by atoms with Crippen LogP contribution in [-0.2, 0) is 10.8 Å². The van der Waals surface area contributed by atoms with Gasteiger partial charge < -0.3 is 5.73 Å². The molecule has 0 aliphatic carbocycles. The van der Waals surface area contributed by atoms with Crippen LogP contribution < -0.4 is 5.73 Å². The summed E-state index contributed by atoms with van der Waals surface area (Å²) in [5.41, 5.74) is 5.94. The van der Waals surface area contributed by atoms with Crippen molar-refractivity contribution in [2.75, 3.05) is 5.75 Å². The molecule has 0 fully saturated rings. The van der Waals surface area contributed by atoms with Crippen molar-refractivity contribution < 1.29 is 9.13 Å². The Kier molecular flexibility index (Phi) is 5.43. The number of nitrogens with zero attached hydrogens (tertiary/aromatic N) is 1. The molecule has 5 nitrogen and oxygen atoms in total. The second-order valence-electron chi connectivity index (χ2n) is 4.31. The maximum Gasteiger partial charge on any atom is 0.269 e. The van der Waals surface area contributed by atoms with Crippen LogP contribution in [0.5, 0.6) is 0 Å². The number of non-ortho nitro benzene ring substituents is 1. The van der Waals surface area contributed by atoms with E-state index in [0.29, 0.717) is 16.6 Å². The number of hydrogen-bond donors (Lipinski definition) is 1. The van der Waals surface area contributed by atoms with Crippen LogP contribution in [0.15, 0.2) is 29.2 Å². The molecule has 0 aromatic heterocycles. The minimum absolute atomic E-state index is 0.00183. The van der Waals surface area contributed by atoms with E-state index >= 15 is 0 Å². The molecule has 0 bridgehead atoms. The van der Waals surface area contributed by atoms with E-state index in [1.165, 1.54) is 24.3 Å². The van der Waals surface area contributed by atoms with Crippen molar-refractivity contribution in [3.63, 3.8) is 0 Å². The predicted molar refractivity (Wildman–Crippen MR) is 71.8 cm³/mol. The first-order chi connectivity index (χ1) is 8.45. The van der Waals surface area contributed by atoms with E-state index in [1.807, 2.05) is 13.8 Å². The van der Waals surface area contributed by atoms with Gasteiger partial charge in [0.15, 0.2) is 0 Å². The van der Waals surface area contributed by atoms with Gasteiger partial charge in [-0.2, -0.15) is 0 Å². The van der Waals surface area contributed by atoms with Gasteiger partial charge in [0.05, 0.1) is 15.7 Å². The molecule has 0 saturated heterocycles. The second kappa shape index (κ2) is 6.61. The summed E-state index contributed by atoms with van der Waals surface area (Å²) in [6, 6.07) is 5.66. The summed E-state index contributed by atoms with van der Waals surface area (Å²) in [4.78, 5) is 10.6.